The van der Waals surface area contributed by atoms with Crippen LogP contribution in [0.4, 0.5) is 10.1 Å². The molecule has 0 aromatic heterocycles. The Bertz CT molecular complexity index is 832. The molecule has 0 atom stereocenters. The van der Waals surface area contributed by atoms with Crippen molar-refractivity contribution in [3.05, 3.63) is 59.9 Å². The van der Waals surface area contributed by atoms with E-state index in [1.54, 1.807) is 0 Å². The number of amides is 2. The van der Waals surface area contributed by atoms with Gasteiger partial charge in [-0.3, -0.25) is 14.5 Å². The maximum Gasteiger partial charge on any atom is 0.238 e. The van der Waals surface area contributed by atoms with Crippen LogP contribution in [-0.4, -0.2) is 60.9 Å². The molecule has 0 spiro atoms. The number of anilines is 1. The van der Waals surface area contributed by atoms with Crippen molar-refractivity contribution in [3.8, 4) is 5.75 Å². The molecule has 0 unspecified atom stereocenters. The number of rotatable bonds is 8. The first-order chi connectivity index (χ1) is 14.5. The first-order valence-corrected chi connectivity index (χ1v) is 10.2. The molecule has 6 nitrogen and oxygen atoms in total. The highest BCUT2D eigenvalue weighted by atomic mass is 19.1. The molecule has 1 fully saturated rings. The Morgan fingerprint density at radius 2 is 1.67 bits per heavy atom. The van der Waals surface area contributed by atoms with E-state index in [-0.39, 0.29) is 24.2 Å². The van der Waals surface area contributed by atoms with Gasteiger partial charge in [-0.15, -0.1) is 0 Å². The Morgan fingerprint density at radius 3 is 2.33 bits per heavy atom. The fraction of sp³-hybridized carbons (Fsp3) is 0.391. The number of carbonyl (C=O) groups excluding carboxylic acids is 2. The van der Waals surface area contributed by atoms with Gasteiger partial charge in [0.2, 0.25) is 11.8 Å². The molecule has 2 aromatic rings. The lowest BCUT2D eigenvalue weighted by Gasteiger charge is -2.34. The number of carbonyl (C=O) groups is 2. The molecule has 0 aliphatic carbocycles. The zero-order valence-corrected chi connectivity index (χ0v) is 17.3. The van der Waals surface area contributed by atoms with Crippen molar-refractivity contribution in [2.24, 2.45) is 0 Å². The van der Waals surface area contributed by atoms with Crippen molar-refractivity contribution in [2.75, 3.05) is 44.6 Å². The molecule has 3 rings (SSSR count). The van der Waals surface area contributed by atoms with Crippen LogP contribution in [0.1, 0.15) is 18.4 Å². The Kier molecular flexibility index (Phi) is 7.79. The summed E-state index contributed by atoms with van der Waals surface area (Å²) in [6.45, 7) is 5.33. The van der Waals surface area contributed by atoms with Crippen LogP contribution in [0.15, 0.2) is 48.5 Å². The molecular formula is C23H28FN3O3. The van der Waals surface area contributed by atoms with Gasteiger partial charge >= 0.3 is 0 Å². The molecule has 30 heavy (non-hydrogen) atoms. The third-order valence-electron chi connectivity index (χ3n) is 5.04. The Morgan fingerprint density at radius 1 is 1.00 bits per heavy atom. The summed E-state index contributed by atoms with van der Waals surface area (Å²) in [5.41, 5.74) is 1.76. The molecule has 1 N–H and O–H groups in total. The molecule has 1 heterocycles. The predicted octanol–water partition coefficient (Wildman–Crippen LogP) is 3.08. The van der Waals surface area contributed by atoms with Gasteiger partial charge in [-0.05, 0) is 49.7 Å². The Balaban J connectivity index is 1.31. The van der Waals surface area contributed by atoms with Gasteiger partial charge in [0, 0.05) is 38.3 Å². The standard InChI is InChI=1S/C23H28FN3O3/c1-18-4-10-21(11-5-18)30-16-2-3-23(29)27-14-12-26(13-15-27)17-22(28)25-20-8-6-19(24)7-9-20/h4-11H,2-3,12-17H2,1H3,(H,25,28). The highest BCUT2D eigenvalue weighted by Crippen LogP contribution is 2.13. The summed E-state index contributed by atoms with van der Waals surface area (Å²) in [6, 6.07) is 13.6. The van der Waals surface area contributed by atoms with E-state index in [1.807, 2.05) is 41.0 Å². The van der Waals surface area contributed by atoms with Gasteiger partial charge in [0.1, 0.15) is 11.6 Å². The molecule has 2 aromatic carbocycles. The summed E-state index contributed by atoms with van der Waals surface area (Å²) in [5, 5.41) is 2.76. The van der Waals surface area contributed by atoms with Crippen LogP contribution < -0.4 is 10.1 Å². The van der Waals surface area contributed by atoms with Crippen LogP contribution in [0.3, 0.4) is 0 Å². The number of piperazine rings is 1. The van der Waals surface area contributed by atoms with E-state index in [0.717, 1.165) is 5.75 Å². The Labute approximate surface area is 176 Å². The summed E-state index contributed by atoms with van der Waals surface area (Å²) in [6.07, 6.45) is 1.13. The van der Waals surface area contributed by atoms with Gasteiger partial charge in [0.15, 0.2) is 0 Å². The average Bonchev–Trinajstić information content (AvgIpc) is 2.74. The maximum atomic E-state index is 12.9. The summed E-state index contributed by atoms with van der Waals surface area (Å²) in [5.74, 6) is 0.462. The summed E-state index contributed by atoms with van der Waals surface area (Å²) in [7, 11) is 0. The van der Waals surface area contributed by atoms with E-state index in [4.69, 9.17) is 4.74 Å². The normalized spacial score (nSPS) is 14.4. The predicted molar refractivity (Wildman–Crippen MR) is 114 cm³/mol. The fourth-order valence-electron chi connectivity index (χ4n) is 3.30. The maximum absolute atomic E-state index is 12.9. The van der Waals surface area contributed by atoms with Gasteiger partial charge in [-0.1, -0.05) is 17.7 Å². The molecule has 1 saturated heterocycles. The first kappa shape index (κ1) is 21.8. The topological polar surface area (TPSA) is 61.9 Å². The van der Waals surface area contributed by atoms with E-state index in [1.165, 1.54) is 29.8 Å². The first-order valence-electron chi connectivity index (χ1n) is 10.2. The molecule has 2 amide bonds. The van der Waals surface area contributed by atoms with Crippen LogP contribution in [0, 0.1) is 12.7 Å². The van der Waals surface area contributed by atoms with Crippen molar-refractivity contribution < 1.29 is 18.7 Å². The van der Waals surface area contributed by atoms with Crippen LogP contribution in [0.25, 0.3) is 0 Å². The number of hydrogen-bond donors (Lipinski definition) is 1. The van der Waals surface area contributed by atoms with Gasteiger partial charge in [-0.25, -0.2) is 4.39 Å². The molecular weight excluding hydrogens is 385 g/mol. The molecule has 7 heteroatoms. The lowest BCUT2D eigenvalue weighted by atomic mass is 10.2. The quantitative estimate of drug-likeness (QED) is 0.676. The molecule has 160 valence electrons. The zero-order valence-electron chi connectivity index (χ0n) is 17.3. The second-order valence-corrected chi connectivity index (χ2v) is 7.48. The number of ether oxygens (including phenoxy) is 1. The minimum Gasteiger partial charge on any atom is -0.494 e. The number of hydrogen-bond acceptors (Lipinski definition) is 4. The van der Waals surface area contributed by atoms with Crippen LogP contribution in [0.5, 0.6) is 5.75 Å². The van der Waals surface area contributed by atoms with E-state index >= 15 is 0 Å². The summed E-state index contributed by atoms with van der Waals surface area (Å²) >= 11 is 0. The van der Waals surface area contributed by atoms with E-state index < -0.39 is 0 Å². The second-order valence-electron chi connectivity index (χ2n) is 7.48. The Hall–Kier alpha value is -2.93. The monoisotopic (exact) mass is 413 g/mol. The lowest BCUT2D eigenvalue weighted by molar-refractivity contribution is -0.133. The van der Waals surface area contributed by atoms with E-state index in [0.29, 0.717) is 51.3 Å². The van der Waals surface area contributed by atoms with Crippen molar-refractivity contribution in [3.63, 3.8) is 0 Å². The smallest absolute Gasteiger partial charge is 0.238 e. The lowest BCUT2D eigenvalue weighted by Crippen LogP contribution is -2.50. The highest BCUT2D eigenvalue weighted by molar-refractivity contribution is 5.92. The van der Waals surface area contributed by atoms with Gasteiger partial charge in [0.05, 0.1) is 13.2 Å². The third-order valence-corrected chi connectivity index (χ3v) is 5.04. The van der Waals surface area contributed by atoms with Gasteiger partial charge < -0.3 is 15.0 Å². The summed E-state index contributed by atoms with van der Waals surface area (Å²) < 4.78 is 18.6. The van der Waals surface area contributed by atoms with Crippen LogP contribution in [-0.2, 0) is 9.59 Å². The zero-order chi connectivity index (χ0) is 21.3. The number of benzene rings is 2. The molecule has 1 aliphatic rings. The molecule has 1 aliphatic heterocycles. The van der Waals surface area contributed by atoms with E-state index in [2.05, 4.69) is 5.32 Å². The van der Waals surface area contributed by atoms with Crippen LogP contribution in [0.2, 0.25) is 0 Å². The van der Waals surface area contributed by atoms with Crippen molar-refractivity contribution >= 4 is 17.5 Å². The highest BCUT2D eigenvalue weighted by Gasteiger charge is 2.22. The fourth-order valence-corrected chi connectivity index (χ4v) is 3.30. The van der Waals surface area contributed by atoms with Gasteiger partial charge in [-0.2, -0.15) is 0 Å². The van der Waals surface area contributed by atoms with E-state index in [9.17, 15) is 14.0 Å². The molecule has 0 saturated carbocycles. The number of halogens is 1. The SMILES string of the molecule is Cc1ccc(OCCCC(=O)N2CCN(CC(=O)Nc3ccc(F)cc3)CC2)cc1. The largest absolute Gasteiger partial charge is 0.494 e. The molecule has 0 bridgehead atoms. The number of nitrogens with zero attached hydrogens (tertiary/aromatic N) is 2. The number of nitrogens with one attached hydrogen (secondary N) is 1. The van der Waals surface area contributed by atoms with Crippen molar-refractivity contribution in [1.29, 1.82) is 0 Å². The summed E-state index contributed by atoms with van der Waals surface area (Å²) in [4.78, 5) is 28.4. The van der Waals surface area contributed by atoms with Gasteiger partial charge in [0.25, 0.3) is 0 Å². The minimum atomic E-state index is -0.338. The minimum absolute atomic E-state index is 0.123. The average molecular weight is 413 g/mol. The molecule has 0 radical (unpaired) electrons. The second kappa shape index (κ2) is 10.7. The van der Waals surface area contributed by atoms with Crippen molar-refractivity contribution in [2.45, 2.75) is 19.8 Å². The van der Waals surface area contributed by atoms with Crippen molar-refractivity contribution in [1.82, 2.24) is 9.80 Å². The third kappa shape index (κ3) is 6.84. The number of aryl methyl sites for hydroxylation is 1. The van der Waals surface area contributed by atoms with Crippen LogP contribution >= 0.6 is 0 Å².